The fourth-order valence-electron chi connectivity index (χ4n) is 2.34. The summed E-state index contributed by atoms with van der Waals surface area (Å²) in [6.07, 6.45) is 0. The van der Waals surface area contributed by atoms with Gasteiger partial charge in [-0.15, -0.1) is 0 Å². The van der Waals surface area contributed by atoms with Crippen molar-refractivity contribution in [1.82, 2.24) is 4.31 Å². The molecule has 0 bridgehead atoms. The van der Waals surface area contributed by atoms with Crippen LogP contribution in [0.4, 0.5) is 5.69 Å². The Kier molecular flexibility index (Phi) is 8.55. The highest BCUT2D eigenvalue weighted by Gasteiger charge is 2.25. The molecular weight excluding hydrogens is 340 g/mol. The van der Waals surface area contributed by atoms with Crippen LogP contribution in [0.15, 0.2) is 29.2 Å². The highest BCUT2D eigenvalue weighted by Crippen LogP contribution is 2.20. The average molecular weight is 371 g/mol. The molecule has 0 spiro atoms. The minimum absolute atomic E-state index is 0.0207. The van der Waals surface area contributed by atoms with Crippen molar-refractivity contribution in [2.45, 2.75) is 39.5 Å². The molecule has 25 heavy (non-hydrogen) atoms. The van der Waals surface area contributed by atoms with E-state index in [1.165, 1.54) is 16.4 Å². The summed E-state index contributed by atoms with van der Waals surface area (Å²) in [6.45, 7) is 11.2. The number of anilines is 1. The summed E-state index contributed by atoms with van der Waals surface area (Å²) in [5.41, 5.74) is 0.544. The molecule has 1 rings (SSSR count). The summed E-state index contributed by atoms with van der Waals surface area (Å²) in [6, 6.07) is 6.25. The molecular formula is C18H30N2O4S. The lowest BCUT2D eigenvalue weighted by Gasteiger charge is -2.25. The van der Waals surface area contributed by atoms with E-state index < -0.39 is 10.0 Å². The number of ether oxygens (including phenoxy) is 1. The average Bonchev–Trinajstić information content (AvgIpc) is 2.52. The van der Waals surface area contributed by atoms with E-state index in [1.807, 2.05) is 34.6 Å². The van der Waals surface area contributed by atoms with Gasteiger partial charge in [0.25, 0.3) is 0 Å². The fraction of sp³-hybridized carbons (Fsp3) is 0.611. The zero-order valence-electron chi connectivity index (χ0n) is 15.8. The Morgan fingerprint density at radius 3 is 2.04 bits per heavy atom. The number of amides is 1. The van der Waals surface area contributed by atoms with Crippen molar-refractivity contribution in [3.05, 3.63) is 24.3 Å². The first-order valence-corrected chi connectivity index (χ1v) is 10.1. The SMILES string of the molecule is CCOCC(=O)Nc1ccc(S(=O)(=O)N(CC(C)C)CC(C)C)cc1. The van der Waals surface area contributed by atoms with E-state index in [-0.39, 0.29) is 29.2 Å². The van der Waals surface area contributed by atoms with Gasteiger partial charge in [0, 0.05) is 25.4 Å². The predicted molar refractivity (Wildman–Crippen MR) is 100.0 cm³/mol. The van der Waals surface area contributed by atoms with Crippen LogP contribution in [0.5, 0.6) is 0 Å². The molecule has 1 amide bonds. The van der Waals surface area contributed by atoms with Gasteiger partial charge < -0.3 is 10.1 Å². The van der Waals surface area contributed by atoms with E-state index in [1.54, 1.807) is 12.1 Å². The Morgan fingerprint density at radius 2 is 1.60 bits per heavy atom. The summed E-state index contributed by atoms with van der Waals surface area (Å²) >= 11 is 0. The van der Waals surface area contributed by atoms with E-state index >= 15 is 0 Å². The van der Waals surface area contributed by atoms with Crippen LogP contribution in [0.2, 0.25) is 0 Å². The smallest absolute Gasteiger partial charge is 0.250 e. The van der Waals surface area contributed by atoms with Crippen molar-refractivity contribution >= 4 is 21.6 Å². The zero-order valence-corrected chi connectivity index (χ0v) is 16.6. The molecule has 1 aromatic carbocycles. The van der Waals surface area contributed by atoms with Crippen LogP contribution in [0, 0.1) is 11.8 Å². The number of rotatable bonds is 10. The second-order valence-electron chi connectivity index (χ2n) is 6.82. The number of carbonyl (C=O) groups excluding carboxylic acids is 1. The summed E-state index contributed by atoms with van der Waals surface area (Å²) in [7, 11) is -3.55. The second-order valence-corrected chi connectivity index (χ2v) is 8.76. The van der Waals surface area contributed by atoms with E-state index in [0.717, 1.165) is 0 Å². The monoisotopic (exact) mass is 370 g/mol. The molecule has 0 radical (unpaired) electrons. The maximum atomic E-state index is 12.9. The lowest BCUT2D eigenvalue weighted by molar-refractivity contribution is -0.120. The van der Waals surface area contributed by atoms with Gasteiger partial charge in [-0.1, -0.05) is 27.7 Å². The number of benzene rings is 1. The molecule has 1 N–H and O–H groups in total. The van der Waals surface area contributed by atoms with Crippen molar-refractivity contribution in [3.8, 4) is 0 Å². The number of hydrogen-bond acceptors (Lipinski definition) is 4. The molecule has 7 heteroatoms. The highest BCUT2D eigenvalue weighted by molar-refractivity contribution is 7.89. The highest BCUT2D eigenvalue weighted by atomic mass is 32.2. The van der Waals surface area contributed by atoms with Gasteiger partial charge in [-0.3, -0.25) is 4.79 Å². The van der Waals surface area contributed by atoms with Crippen LogP contribution in [0.1, 0.15) is 34.6 Å². The van der Waals surface area contributed by atoms with Gasteiger partial charge in [0.15, 0.2) is 0 Å². The summed E-state index contributed by atoms with van der Waals surface area (Å²) in [4.78, 5) is 11.9. The third-order valence-electron chi connectivity index (χ3n) is 3.35. The zero-order chi connectivity index (χ0) is 19.0. The molecule has 142 valence electrons. The largest absolute Gasteiger partial charge is 0.372 e. The summed E-state index contributed by atoms with van der Waals surface area (Å²) < 4.78 is 32.4. The Labute approximate surface area is 151 Å². The fourth-order valence-corrected chi connectivity index (χ4v) is 4.10. The van der Waals surface area contributed by atoms with Crippen LogP contribution in [-0.2, 0) is 19.6 Å². The third-order valence-corrected chi connectivity index (χ3v) is 5.20. The molecule has 0 saturated carbocycles. The van der Waals surface area contributed by atoms with E-state index in [2.05, 4.69) is 5.32 Å². The van der Waals surface area contributed by atoms with Crippen molar-refractivity contribution in [2.75, 3.05) is 31.6 Å². The van der Waals surface area contributed by atoms with Gasteiger partial charge >= 0.3 is 0 Å². The third kappa shape index (κ3) is 7.13. The summed E-state index contributed by atoms with van der Waals surface area (Å²) in [5.74, 6) is 0.218. The minimum atomic E-state index is -3.55. The number of carbonyl (C=O) groups is 1. The molecule has 0 aromatic heterocycles. The Hall–Kier alpha value is -1.44. The van der Waals surface area contributed by atoms with Gasteiger partial charge in [-0.05, 0) is 43.0 Å². The molecule has 0 unspecified atom stereocenters. The van der Waals surface area contributed by atoms with Crippen molar-refractivity contribution < 1.29 is 17.9 Å². The second kappa shape index (κ2) is 9.89. The first-order valence-electron chi connectivity index (χ1n) is 8.64. The van der Waals surface area contributed by atoms with Crippen LogP contribution < -0.4 is 5.32 Å². The van der Waals surface area contributed by atoms with Gasteiger partial charge in [0.05, 0.1) is 4.90 Å². The standard InChI is InChI=1S/C18H30N2O4S/c1-6-24-13-18(21)19-16-7-9-17(10-8-16)25(22,23)20(11-14(2)3)12-15(4)5/h7-10,14-15H,6,11-13H2,1-5H3,(H,19,21). The lowest BCUT2D eigenvalue weighted by atomic mass is 10.2. The van der Waals surface area contributed by atoms with Crippen molar-refractivity contribution in [3.63, 3.8) is 0 Å². The van der Waals surface area contributed by atoms with E-state index in [4.69, 9.17) is 4.74 Å². The van der Waals surface area contributed by atoms with Crippen LogP contribution in [0.25, 0.3) is 0 Å². The molecule has 0 atom stereocenters. The minimum Gasteiger partial charge on any atom is -0.372 e. The van der Waals surface area contributed by atoms with Gasteiger partial charge in [0.1, 0.15) is 6.61 Å². The van der Waals surface area contributed by atoms with Crippen LogP contribution in [-0.4, -0.2) is 44.9 Å². The molecule has 0 aliphatic carbocycles. The summed E-state index contributed by atoms with van der Waals surface area (Å²) in [5, 5.41) is 2.68. The quantitative estimate of drug-likeness (QED) is 0.687. The molecule has 0 aliphatic heterocycles. The van der Waals surface area contributed by atoms with Gasteiger partial charge in [-0.25, -0.2) is 8.42 Å². The number of nitrogens with one attached hydrogen (secondary N) is 1. The van der Waals surface area contributed by atoms with Crippen LogP contribution in [0.3, 0.4) is 0 Å². The molecule has 0 heterocycles. The normalized spacial score (nSPS) is 12.2. The molecule has 0 aliphatic rings. The maximum Gasteiger partial charge on any atom is 0.250 e. The molecule has 0 saturated heterocycles. The van der Waals surface area contributed by atoms with Crippen molar-refractivity contribution in [2.24, 2.45) is 11.8 Å². The number of hydrogen-bond donors (Lipinski definition) is 1. The Balaban J connectivity index is 2.91. The first kappa shape index (κ1) is 21.6. The lowest BCUT2D eigenvalue weighted by Crippen LogP contribution is -2.37. The molecule has 1 aromatic rings. The van der Waals surface area contributed by atoms with Crippen LogP contribution >= 0.6 is 0 Å². The maximum absolute atomic E-state index is 12.9. The molecule has 6 nitrogen and oxygen atoms in total. The van der Waals surface area contributed by atoms with E-state index in [0.29, 0.717) is 25.4 Å². The topological polar surface area (TPSA) is 75.7 Å². The predicted octanol–water partition coefficient (Wildman–Crippen LogP) is 2.96. The molecule has 0 fully saturated rings. The Morgan fingerprint density at radius 1 is 1.08 bits per heavy atom. The van der Waals surface area contributed by atoms with E-state index in [9.17, 15) is 13.2 Å². The first-order chi connectivity index (χ1) is 11.7. The van der Waals surface area contributed by atoms with Crippen molar-refractivity contribution in [1.29, 1.82) is 0 Å². The Bertz CT molecular complexity index is 630. The van der Waals surface area contributed by atoms with Gasteiger partial charge in [-0.2, -0.15) is 4.31 Å². The number of nitrogens with zero attached hydrogens (tertiary/aromatic N) is 1. The number of sulfonamides is 1. The van der Waals surface area contributed by atoms with Gasteiger partial charge in [0.2, 0.25) is 15.9 Å².